The molecule has 1 aliphatic carbocycles. The zero-order valence-corrected chi connectivity index (χ0v) is 14.5. The lowest BCUT2D eigenvalue weighted by molar-refractivity contribution is -0.123. The monoisotopic (exact) mass is 336 g/mol. The quantitative estimate of drug-likeness (QED) is 0.863. The highest BCUT2D eigenvalue weighted by atomic mass is 35.5. The molecule has 2 amide bonds. The Morgan fingerprint density at radius 1 is 1.26 bits per heavy atom. The maximum Gasteiger partial charge on any atom is 0.222 e. The number of amides is 2. The molecule has 4 nitrogen and oxygen atoms in total. The molecule has 1 aliphatic rings. The molecule has 5 heteroatoms. The third-order valence-electron chi connectivity index (χ3n) is 4.34. The lowest BCUT2D eigenvalue weighted by Crippen LogP contribution is -2.40. The summed E-state index contributed by atoms with van der Waals surface area (Å²) in [6, 6.07) is 7.16. The topological polar surface area (TPSA) is 58.2 Å². The maximum absolute atomic E-state index is 12.4. The van der Waals surface area contributed by atoms with E-state index in [0.29, 0.717) is 10.9 Å². The number of benzene rings is 1. The van der Waals surface area contributed by atoms with Crippen molar-refractivity contribution in [2.75, 3.05) is 0 Å². The Kier molecular flexibility index (Phi) is 6.46. The molecule has 1 aromatic rings. The van der Waals surface area contributed by atoms with Crippen LogP contribution in [0.25, 0.3) is 0 Å². The average molecular weight is 337 g/mol. The summed E-state index contributed by atoms with van der Waals surface area (Å²) in [5.74, 6) is 0.498. The van der Waals surface area contributed by atoms with Crippen molar-refractivity contribution < 1.29 is 9.59 Å². The smallest absolute Gasteiger partial charge is 0.222 e. The van der Waals surface area contributed by atoms with Gasteiger partial charge in [-0.1, -0.05) is 43.5 Å². The van der Waals surface area contributed by atoms with Gasteiger partial charge in [-0.05, 0) is 36.5 Å². The molecule has 3 atom stereocenters. The fourth-order valence-electron chi connectivity index (χ4n) is 3.23. The maximum atomic E-state index is 12.4. The van der Waals surface area contributed by atoms with Crippen molar-refractivity contribution in [3.63, 3.8) is 0 Å². The minimum absolute atomic E-state index is 0.0159. The van der Waals surface area contributed by atoms with E-state index < -0.39 is 0 Å². The molecule has 1 aromatic carbocycles. The van der Waals surface area contributed by atoms with Gasteiger partial charge in [0.25, 0.3) is 0 Å². The summed E-state index contributed by atoms with van der Waals surface area (Å²) in [5.41, 5.74) is 0.886. The zero-order chi connectivity index (χ0) is 16.8. The second-order valence-electron chi connectivity index (χ2n) is 6.54. The number of carbonyl (C=O) groups excluding carboxylic acids is 2. The summed E-state index contributed by atoms with van der Waals surface area (Å²) in [6.07, 6.45) is 4.73. The molecule has 0 aliphatic heterocycles. The van der Waals surface area contributed by atoms with Crippen LogP contribution in [0, 0.1) is 5.92 Å². The summed E-state index contributed by atoms with van der Waals surface area (Å²) in [4.78, 5) is 23.8. The second-order valence-corrected chi connectivity index (χ2v) is 6.98. The zero-order valence-electron chi connectivity index (χ0n) is 13.8. The van der Waals surface area contributed by atoms with Gasteiger partial charge in [0, 0.05) is 18.0 Å². The van der Waals surface area contributed by atoms with E-state index in [2.05, 4.69) is 17.6 Å². The first-order valence-corrected chi connectivity index (χ1v) is 8.63. The first-order valence-electron chi connectivity index (χ1n) is 8.26. The molecule has 0 saturated heterocycles. The molecule has 0 radical (unpaired) electrons. The van der Waals surface area contributed by atoms with Gasteiger partial charge in [0.05, 0.1) is 12.5 Å². The highest BCUT2D eigenvalue weighted by Gasteiger charge is 2.23. The van der Waals surface area contributed by atoms with Crippen LogP contribution in [0.4, 0.5) is 0 Å². The SMILES string of the molecule is CC(=O)NC(CC(=O)NC1CCCC(C)C1)c1ccc(Cl)cc1. The first kappa shape index (κ1) is 17.8. The van der Waals surface area contributed by atoms with Gasteiger partial charge in [0.1, 0.15) is 0 Å². The van der Waals surface area contributed by atoms with E-state index in [1.807, 2.05) is 12.1 Å². The molecule has 3 unspecified atom stereocenters. The van der Waals surface area contributed by atoms with E-state index in [0.717, 1.165) is 18.4 Å². The molecule has 0 aromatic heterocycles. The Hall–Kier alpha value is -1.55. The van der Waals surface area contributed by atoms with Gasteiger partial charge < -0.3 is 10.6 Å². The van der Waals surface area contributed by atoms with Gasteiger partial charge in [-0.2, -0.15) is 0 Å². The molecule has 2 N–H and O–H groups in total. The van der Waals surface area contributed by atoms with Crippen molar-refractivity contribution in [2.24, 2.45) is 5.92 Å². The Bertz CT molecular complexity index is 544. The predicted octanol–water partition coefficient (Wildman–Crippen LogP) is 3.60. The summed E-state index contributed by atoms with van der Waals surface area (Å²) in [6.45, 7) is 3.69. The van der Waals surface area contributed by atoms with E-state index in [-0.39, 0.29) is 30.3 Å². The third-order valence-corrected chi connectivity index (χ3v) is 4.59. The summed E-state index contributed by atoms with van der Waals surface area (Å²) in [7, 11) is 0. The van der Waals surface area contributed by atoms with Crippen LogP contribution in [0.3, 0.4) is 0 Å². The van der Waals surface area contributed by atoms with Crippen LogP contribution in [0.5, 0.6) is 0 Å². The highest BCUT2D eigenvalue weighted by molar-refractivity contribution is 6.30. The molecule has 1 saturated carbocycles. The van der Waals surface area contributed by atoms with Crippen LogP contribution in [0.15, 0.2) is 24.3 Å². The number of halogens is 1. The second kappa shape index (κ2) is 8.34. The van der Waals surface area contributed by atoms with Crippen molar-refractivity contribution in [3.8, 4) is 0 Å². The van der Waals surface area contributed by atoms with Crippen LogP contribution in [0.2, 0.25) is 5.02 Å². The lowest BCUT2D eigenvalue weighted by atomic mass is 9.87. The summed E-state index contributed by atoms with van der Waals surface area (Å²) >= 11 is 5.90. The fourth-order valence-corrected chi connectivity index (χ4v) is 3.36. The minimum Gasteiger partial charge on any atom is -0.353 e. The Labute approximate surface area is 143 Å². The minimum atomic E-state index is -0.328. The van der Waals surface area contributed by atoms with Crippen LogP contribution in [-0.4, -0.2) is 17.9 Å². The van der Waals surface area contributed by atoms with Crippen LogP contribution in [-0.2, 0) is 9.59 Å². The van der Waals surface area contributed by atoms with E-state index in [1.165, 1.54) is 19.8 Å². The molecule has 126 valence electrons. The molecule has 0 bridgehead atoms. The predicted molar refractivity (Wildman–Crippen MR) is 92.2 cm³/mol. The average Bonchev–Trinajstić information content (AvgIpc) is 2.46. The molecule has 2 rings (SSSR count). The van der Waals surface area contributed by atoms with E-state index in [1.54, 1.807) is 12.1 Å². The molecule has 0 spiro atoms. The number of rotatable bonds is 5. The molecule has 1 fully saturated rings. The van der Waals surface area contributed by atoms with Crippen molar-refractivity contribution >= 4 is 23.4 Å². The van der Waals surface area contributed by atoms with Crippen molar-refractivity contribution in [3.05, 3.63) is 34.9 Å². The van der Waals surface area contributed by atoms with Gasteiger partial charge in [-0.15, -0.1) is 0 Å². The first-order chi connectivity index (χ1) is 10.9. The van der Waals surface area contributed by atoms with Gasteiger partial charge in [-0.25, -0.2) is 0 Å². The van der Waals surface area contributed by atoms with Gasteiger partial charge in [-0.3, -0.25) is 9.59 Å². The molecular formula is C18H25ClN2O2. The number of nitrogens with one attached hydrogen (secondary N) is 2. The van der Waals surface area contributed by atoms with Crippen LogP contribution >= 0.6 is 11.6 Å². The van der Waals surface area contributed by atoms with Gasteiger partial charge >= 0.3 is 0 Å². The van der Waals surface area contributed by atoms with Gasteiger partial charge in [0.2, 0.25) is 11.8 Å². The highest BCUT2D eigenvalue weighted by Crippen LogP contribution is 2.24. The lowest BCUT2D eigenvalue weighted by Gasteiger charge is -2.28. The molecular weight excluding hydrogens is 312 g/mol. The number of hydrogen-bond acceptors (Lipinski definition) is 2. The van der Waals surface area contributed by atoms with E-state index >= 15 is 0 Å². The van der Waals surface area contributed by atoms with Crippen LogP contribution in [0.1, 0.15) is 57.6 Å². The Morgan fingerprint density at radius 2 is 1.96 bits per heavy atom. The Morgan fingerprint density at radius 3 is 2.57 bits per heavy atom. The van der Waals surface area contributed by atoms with Crippen molar-refractivity contribution in [2.45, 2.75) is 58.0 Å². The molecule has 0 heterocycles. The van der Waals surface area contributed by atoms with E-state index in [4.69, 9.17) is 11.6 Å². The van der Waals surface area contributed by atoms with Crippen LogP contribution < -0.4 is 10.6 Å². The number of carbonyl (C=O) groups is 2. The Balaban J connectivity index is 1.97. The standard InChI is InChI=1S/C18H25ClN2O2/c1-12-4-3-5-16(10-12)21-18(23)11-17(20-13(2)22)14-6-8-15(19)9-7-14/h6-9,12,16-17H,3-5,10-11H2,1-2H3,(H,20,22)(H,21,23). The summed E-state index contributed by atoms with van der Waals surface area (Å²) < 4.78 is 0. The van der Waals surface area contributed by atoms with E-state index in [9.17, 15) is 9.59 Å². The summed E-state index contributed by atoms with van der Waals surface area (Å²) in [5, 5.41) is 6.60. The normalized spacial score (nSPS) is 22.2. The van der Waals surface area contributed by atoms with Gasteiger partial charge in [0.15, 0.2) is 0 Å². The van der Waals surface area contributed by atoms with Crippen molar-refractivity contribution in [1.82, 2.24) is 10.6 Å². The third kappa shape index (κ3) is 5.87. The largest absolute Gasteiger partial charge is 0.353 e. The number of hydrogen-bond donors (Lipinski definition) is 2. The molecule has 23 heavy (non-hydrogen) atoms. The fraction of sp³-hybridized carbons (Fsp3) is 0.556. The van der Waals surface area contributed by atoms with Crippen molar-refractivity contribution in [1.29, 1.82) is 0 Å².